The maximum absolute atomic E-state index is 12.2. The van der Waals surface area contributed by atoms with E-state index in [1.165, 1.54) is 30.3 Å². The molecule has 6 nitrogen and oxygen atoms in total. The van der Waals surface area contributed by atoms with Crippen LogP contribution in [0.2, 0.25) is 0 Å². The van der Waals surface area contributed by atoms with Gasteiger partial charge in [0.15, 0.2) is 17.3 Å². The van der Waals surface area contributed by atoms with Gasteiger partial charge in [-0.1, -0.05) is 19.1 Å². The first-order valence-electron chi connectivity index (χ1n) is 7.83. The van der Waals surface area contributed by atoms with Gasteiger partial charge in [0.1, 0.15) is 0 Å². The summed E-state index contributed by atoms with van der Waals surface area (Å²) in [7, 11) is 1.57. The van der Waals surface area contributed by atoms with Crippen molar-refractivity contribution in [3.63, 3.8) is 0 Å². The Labute approximate surface area is 145 Å². The van der Waals surface area contributed by atoms with Crippen LogP contribution in [0, 0.1) is 10.1 Å². The standard InChI is InChI=1S/C19H19NO5/c1-3-12-25-19-13-14(5-11-18(19)24-2)4-10-17(21)15-6-8-16(9-7-15)20(22)23/h4-11,13H,3,12H2,1-2H3. The second-order valence-electron chi connectivity index (χ2n) is 5.26. The number of ketones is 1. The highest BCUT2D eigenvalue weighted by molar-refractivity contribution is 6.06. The highest BCUT2D eigenvalue weighted by Gasteiger charge is 2.08. The fraction of sp³-hybridized carbons (Fsp3) is 0.211. The first-order valence-corrected chi connectivity index (χ1v) is 7.83. The summed E-state index contributed by atoms with van der Waals surface area (Å²) in [6.07, 6.45) is 3.97. The summed E-state index contributed by atoms with van der Waals surface area (Å²) >= 11 is 0. The maximum atomic E-state index is 12.2. The number of hydrogen-bond acceptors (Lipinski definition) is 5. The zero-order chi connectivity index (χ0) is 18.2. The van der Waals surface area contributed by atoms with Crippen molar-refractivity contribution in [2.24, 2.45) is 0 Å². The predicted molar refractivity (Wildman–Crippen MR) is 95.2 cm³/mol. The number of ether oxygens (including phenoxy) is 2. The Hall–Kier alpha value is -3.15. The fourth-order valence-electron chi connectivity index (χ4n) is 2.14. The van der Waals surface area contributed by atoms with Crippen molar-refractivity contribution in [1.29, 1.82) is 0 Å². The van der Waals surface area contributed by atoms with Gasteiger partial charge in [-0.2, -0.15) is 0 Å². The normalized spacial score (nSPS) is 10.6. The molecule has 130 valence electrons. The van der Waals surface area contributed by atoms with Gasteiger partial charge >= 0.3 is 0 Å². The van der Waals surface area contributed by atoms with Crippen LogP contribution in [-0.2, 0) is 0 Å². The topological polar surface area (TPSA) is 78.7 Å². The van der Waals surface area contributed by atoms with Gasteiger partial charge < -0.3 is 9.47 Å². The molecule has 0 amide bonds. The van der Waals surface area contributed by atoms with Crippen molar-refractivity contribution in [2.45, 2.75) is 13.3 Å². The summed E-state index contributed by atoms with van der Waals surface area (Å²) in [4.78, 5) is 22.3. The maximum Gasteiger partial charge on any atom is 0.269 e. The number of carbonyl (C=O) groups is 1. The fourth-order valence-corrected chi connectivity index (χ4v) is 2.14. The second-order valence-corrected chi connectivity index (χ2v) is 5.26. The Morgan fingerprint density at radius 3 is 2.48 bits per heavy atom. The molecule has 0 aliphatic carbocycles. The molecule has 0 fully saturated rings. The van der Waals surface area contributed by atoms with Crippen molar-refractivity contribution in [1.82, 2.24) is 0 Å². The van der Waals surface area contributed by atoms with Gasteiger partial charge in [-0.05, 0) is 42.3 Å². The first-order chi connectivity index (χ1) is 12.0. The van der Waals surface area contributed by atoms with Gasteiger partial charge in [-0.25, -0.2) is 0 Å². The van der Waals surface area contributed by atoms with Crippen LogP contribution in [0.25, 0.3) is 6.08 Å². The van der Waals surface area contributed by atoms with Crippen LogP contribution in [0.5, 0.6) is 11.5 Å². The van der Waals surface area contributed by atoms with E-state index in [0.717, 1.165) is 12.0 Å². The molecule has 0 heterocycles. The van der Waals surface area contributed by atoms with E-state index in [9.17, 15) is 14.9 Å². The van der Waals surface area contributed by atoms with Gasteiger partial charge in [0.25, 0.3) is 5.69 Å². The van der Waals surface area contributed by atoms with Crippen molar-refractivity contribution >= 4 is 17.5 Å². The Morgan fingerprint density at radius 1 is 1.16 bits per heavy atom. The summed E-state index contributed by atoms with van der Waals surface area (Å²) < 4.78 is 10.9. The zero-order valence-corrected chi connectivity index (χ0v) is 14.1. The number of benzene rings is 2. The number of hydrogen-bond donors (Lipinski definition) is 0. The van der Waals surface area contributed by atoms with Gasteiger partial charge in [0.05, 0.1) is 18.6 Å². The van der Waals surface area contributed by atoms with Crippen LogP contribution >= 0.6 is 0 Å². The number of methoxy groups -OCH3 is 1. The van der Waals surface area contributed by atoms with E-state index in [1.54, 1.807) is 25.3 Å². The lowest BCUT2D eigenvalue weighted by Crippen LogP contribution is -1.98. The van der Waals surface area contributed by atoms with E-state index in [-0.39, 0.29) is 11.5 Å². The zero-order valence-electron chi connectivity index (χ0n) is 14.1. The number of carbonyl (C=O) groups excluding carboxylic acids is 1. The van der Waals surface area contributed by atoms with Crippen molar-refractivity contribution in [2.75, 3.05) is 13.7 Å². The second kappa shape index (κ2) is 8.63. The largest absolute Gasteiger partial charge is 0.493 e. The lowest BCUT2D eigenvalue weighted by atomic mass is 10.1. The number of nitro groups is 1. The molecule has 0 unspecified atom stereocenters. The number of nitrogens with zero attached hydrogens (tertiary/aromatic N) is 1. The summed E-state index contributed by atoms with van der Waals surface area (Å²) in [5, 5.41) is 10.6. The highest BCUT2D eigenvalue weighted by Crippen LogP contribution is 2.28. The van der Waals surface area contributed by atoms with Crippen LogP contribution in [0.3, 0.4) is 0 Å². The molecular formula is C19H19NO5. The summed E-state index contributed by atoms with van der Waals surface area (Å²) in [5.74, 6) is 1.02. The van der Waals surface area contributed by atoms with E-state index in [0.29, 0.717) is 23.7 Å². The van der Waals surface area contributed by atoms with Gasteiger partial charge in [-0.3, -0.25) is 14.9 Å². The number of allylic oxidation sites excluding steroid dienone is 1. The van der Waals surface area contributed by atoms with E-state index in [1.807, 2.05) is 13.0 Å². The molecule has 0 spiro atoms. The SMILES string of the molecule is CCCOc1cc(C=CC(=O)c2ccc([N+](=O)[O-])cc2)ccc1OC. The Bertz CT molecular complexity index is 781. The van der Waals surface area contributed by atoms with Crippen LogP contribution in [0.15, 0.2) is 48.5 Å². The van der Waals surface area contributed by atoms with Crippen LogP contribution in [-0.4, -0.2) is 24.4 Å². The molecule has 0 saturated carbocycles. The first kappa shape index (κ1) is 18.2. The van der Waals surface area contributed by atoms with Crippen molar-refractivity contribution in [3.8, 4) is 11.5 Å². The summed E-state index contributed by atoms with van der Waals surface area (Å²) in [6.45, 7) is 2.59. The molecule has 0 bridgehead atoms. The van der Waals surface area contributed by atoms with Crippen LogP contribution in [0.4, 0.5) is 5.69 Å². The molecule has 25 heavy (non-hydrogen) atoms. The van der Waals surface area contributed by atoms with Gasteiger partial charge in [0.2, 0.25) is 0 Å². The van der Waals surface area contributed by atoms with Crippen molar-refractivity contribution < 1.29 is 19.2 Å². The molecular weight excluding hydrogens is 322 g/mol. The third-order valence-corrected chi connectivity index (χ3v) is 3.44. The number of rotatable bonds is 8. The lowest BCUT2D eigenvalue weighted by molar-refractivity contribution is -0.384. The van der Waals surface area contributed by atoms with Gasteiger partial charge in [-0.15, -0.1) is 0 Å². The average molecular weight is 341 g/mol. The molecule has 2 aromatic rings. The molecule has 0 atom stereocenters. The molecule has 2 aromatic carbocycles. The predicted octanol–water partition coefficient (Wildman–Crippen LogP) is 4.29. The summed E-state index contributed by atoms with van der Waals surface area (Å²) in [5.41, 5.74) is 1.13. The third kappa shape index (κ3) is 4.91. The Morgan fingerprint density at radius 2 is 1.88 bits per heavy atom. The molecule has 0 aromatic heterocycles. The molecule has 2 rings (SSSR count). The Balaban J connectivity index is 2.14. The third-order valence-electron chi connectivity index (χ3n) is 3.44. The monoisotopic (exact) mass is 341 g/mol. The minimum atomic E-state index is -0.501. The van der Waals surface area contributed by atoms with Crippen LogP contribution in [0.1, 0.15) is 29.3 Å². The minimum absolute atomic E-state index is 0.0478. The summed E-state index contributed by atoms with van der Waals surface area (Å²) in [6, 6.07) is 10.9. The van der Waals surface area contributed by atoms with Gasteiger partial charge in [0, 0.05) is 17.7 Å². The van der Waals surface area contributed by atoms with E-state index in [2.05, 4.69) is 0 Å². The highest BCUT2D eigenvalue weighted by atomic mass is 16.6. The average Bonchev–Trinajstić information content (AvgIpc) is 2.64. The van der Waals surface area contributed by atoms with E-state index >= 15 is 0 Å². The molecule has 6 heteroatoms. The lowest BCUT2D eigenvalue weighted by Gasteiger charge is -2.10. The smallest absolute Gasteiger partial charge is 0.269 e. The quantitative estimate of drug-likeness (QED) is 0.310. The van der Waals surface area contributed by atoms with E-state index in [4.69, 9.17) is 9.47 Å². The molecule has 0 aliphatic rings. The molecule has 0 saturated heterocycles. The Kier molecular flexibility index (Phi) is 6.28. The minimum Gasteiger partial charge on any atom is -0.493 e. The van der Waals surface area contributed by atoms with Crippen LogP contribution < -0.4 is 9.47 Å². The molecule has 0 N–H and O–H groups in total. The molecule has 0 radical (unpaired) electrons. The van der Waals surface area contributed by atoms with Crippen molar-refractivity contribution in [3.05, 3.63) is 69.8 Å². The number of non-ortho nitro benzene ring substituents is 1. The van der Waals surface area contributed by atoms with E-state index < -0.39 is 4.92 Å². The number of nitro benzene ring substituents is 1. The molecule has 0 aliphatic heterocycles.